The standard InChI is InChI=1S/C14H21BrN2O3/c1-10(18)11-4-5-13(12(15)8-11)17(2)9-14(19)16-6-7-20-3/h4-5,8,10,18H,6-7,9H2,1-3H3,(H,16,19)/t10-/m0/s1. The number of rotatable bonds is 7. The highest BCUT2D eigenvalue weighted by Gasteiger charge is 2.11. The number of halogens is 1. The van der Waals surface area contributed by atoms with Gasteiger partial charge in [0, 0.05) is 25.2 Å². The van der Waals surface area contributed by atoms with Crippen molar-refractivity contribution in [1.82, 2.24) is 5.32 Å². The number of anilines is 1. The first-order valence-corrected chi connectivity index (χ1v) is 7.19. The van der Waals surface area contributed by atoms with Crippen LogP contribution in [0.3, 0.4) is 0 Å². The Morgan fingerprint density at radius 1 is 1.55 bits per heavy atom. The largest absolute Gasteiger partial charge is 0.389 e. The number of aliphatic hydroxyl groups excluding tert-OH is 1. The van der Waals surface area contributed by atoms with Crippen LogP contribution in [0.15, 0.2) is 22.7 Å². The number of hydrogen-bond donors (Lipinski definition) is 2. The molecule has 2 N–H and O–H groups in total. The summed E-state index contributed by atoms with van der Waals surface area (Å²) in [4.78, 5) is 13.6. The van der Waals surface area contributed by atoms with Crippen LogP contribution in [0.4, 0.5) is 5.69 Å². The molecule has 112 valence electrons. The van der Waals surface area contributed by atoms with Gasteiger partial charge in [0.25, 0.3) is 0 Å². The summed E-state index contributed by atoms with van der Waals surface area (Å²) in [5.74, 6) is -0.0592. The second kappa shape index (κ2) is 8.24. The van der Waals surface area contributed by atoms with Gasteiger partial charge in [-0.2, -0.15) is 0 Å². The number of aliphatic hydroxyl groups is 1. The molecule has 5 nitrogen and oxygen atoms in total. The number of hydrogen-bond acceptors (Lipinski definition) is 4. The van der Waals surface area contributed by atoms with Gasteiger partial charge in [0.1, 0.15) is 0 Å². The van der Waals surface area contributed by atoms with E-state index in [0.717, 1.165) is 15.7 Å². The quantitative estimate of drug-likeness (QED) is 0.739. The van der Waals surface area contributed by atoms with Crippen molar-refractivity contribution in [3.8, 4) is 0 Å². The first-order chi connectivity index (χ1) is 9.45. The minimum absolute atomic E-state index is 0.0592. The predicted molar refractivity (Wildman–Crippen MR) is 82.9 cm³/mol. The number of carbonyl (C=O) groups is 1. The Kier molecular flexibility index (Phi) is 6.98. The number of likely N-dealkylation sites (N-methyl/N-ethyl adjacent to an activating group) is 1. The summed E-state index contributed by atoms with van der Waals surface area (Å²) in [5.41, 5.74) is 1.73. The predicted octanol–water partition coefficient (Wildman–Crippen LogP) is 1.70. The summed E-state index contributed by atoms with van der Waals surface area (Å²) < 4.78 is 5.73. The minimum atomic E-state index is -0.511. The SMILES string of the molecule is COCCNC(=O)CN(C)c1ccc([C@H](C)O)cc1Br. The van der Waals surface area contributed by atoms with Gasteiger partial charge in [-0.05, 0) is 40.5 Å². The third-order valence-corrected chi connectivity index (χ3v) is 3.51. The van der Waals surface area contributed by atoms with Gasteiger partial charge >= 0.3 is 0 Å². The van der Waals surface area contributed by atoms with Gasteiger partial charge in [0.2, 0.25) is 5.91 Å². The maximum atomic E-state index is 11.7. The van der Waals surface area contributed by atoms with Crippen molar-refractivity contribution < 1.29 is 14.6 Å². The summed E-state index contributed by atoms with van der Waals surface area (Å²) in [7, 11) is 3.44. The molecule has 0 aliphatic rings. The average Bonchev–Trinajstić information content (AvgIpc) is 2.38. The van der Waals surface area contributed by atoms with E-state index in [1.807, 2.05) is 30.1 Å². The smallest absolute Gasteiger partial charge is 0.239 e. The molecule has 1 aromatic rings. The van der Waals surface area contributed by atoms with E-state index >= 15 is 0 Å². The van der Waals surface area contributed by atoms with Gasteiger partial charge in [-0.3, -0.25) is 4.79 Å². The average molecular weight is 345 g/mol. The van der Waals surface area contributed by atoms with E-state index in [4.69, 9.17) is 4.74 Å². The van der Waals surface area contributed by atoms with Crippen molar-refractivity contribution in [2.75, 3.05) is 38.8 Å². The molecular weight excluding hydrogens is 324 g/mol. The lowest BCUT2D eigenvalue weighted by molar-refractivity contribution is -0.119. The fourth-order valence-corrected chi connectivity index (χ4v) is 2.44. The van der Waals surface area contributed by atoms with E-state index in [1.54, 1.807) is 14.0 Å². The summed E-state index contributed by atoms with van der Waals surface area (Å²) in [5, 5.41) is 12.3. The van der Waals surface area contributed by atoms with E-state index in [1.165, 1.54) is 0 Å². The highest BCUT2D eigenvalue weighted by Crippen LogP contribution is 2.28. The second-order valence-corrected chi connectivity index (χ2v) is 5.44. The van der Waals surface area contributed by atoms with E-state index in [9.17, 15) is 9.90 Å². The molecule has 0 spiro atoms. The number of nitrogens with one attached hydrogen (secondary N) is 1. The van der Waals surface area contributed by atoms with Crippen molar-refractivity contribution in [2.24, 2.45) is 0 Å². The molecule has 0 aliphatic carbocycles. The molecule has 1 rings (SSSR count). The van der Waals surface area contributed by atoms with Crippen LogP contribution in [-0.2, 0) is 9.53 Å². The summed E-state index contributed by atoms with van der Waals surface area (Å²) in [6.45, 7) is 2.98. The molecule has 6 heteroatoms. The molecule has 20 heavy (non-hydrogen) atoms. The Morgan fingerprint density at radius 2 is 2.25 bits per heavy atom. The number of methoxy groups -OCH3 is 1. The van der Waals surface area contributed by atoms with Gasteiger partial charge < -0.3 is 20.1 Å². The molecule has 0 aromatic heterocycles. The highest BCUT2D eigenvalue weighted by molar-refractivity contribution is 9.10. The Bertz CT molecular complexity index is 452. The lowest BCUT2D eigenvalue weighted by atomic mass is 10.1. The molecule has 0 unspecified atom stereocenters. The molecule has 0 aliphatic heterocycles. The van der Waals surface area contributed by atoms with Crippen molar-refractivity contribution in [2.45, 2.75) is 13.0 Å². The number of carbonyl (C=O) groups excluding carboxylic acids is 1. The fourth-order valence-electron chi connectivity index (χ4n) is 1.74. The van der Waals surface area contributed by atoms with Gasteiger partial charge in [-0.15, -0.1) is 0 Å². The molecule has 1 aromatic carbocycles. The van der Waals surface area contributed by atoms with E-state index in [-0.39, 0.29) is 12.5 Å². The monoisotopic (exact) mass is 344 g/mol. The molecule has 1 atom stereocenters. The molecule has 0 saturated heterocycles. The molecule has 1 amide bonds. The summed E-state index contributed by atoms with van der Waals surface area (Å²) in [6, 6.07) is 5.60. The third-order valence-electron chi connectivity index (χ3n) is 2.87. The van der Waals surface area contributed by atoms with Crippen LogP contribution < -0.4 is 10.2 Å². The molecule has 0 fully saturated rings. The Labute approximate surface area is 128 Å². The van der Waals surface area contributed by atoms with Crippen LogP contribution in [0.25, 0.3) is 0 Å². The van der Waals surface area contributed by atoms with Gasteiger partial charge in [-0.25, -0.2) is 0 Å². The molecular formula is C14H21BrN2O3. The van der Waals surface area contributed by atoms with Crippen LogP contribution >= 0.6 is 15.9 Å². The molecule has 0 radical (unpaired) electrons. The topological polar surface area (TPSA) is 61.8 Å². The van der Waals surface area contributed by atoms with Crippen molar-refractivity contribution in [3.63, 3.8) is 0 Å². The zero-order valence-electron chi connectivity index (χ0n) is 12.0. The summed E-state index contributed by atoms with van der Waals surface area (Å²) >= 11 is 3.47. The second-order valence-electron chi connectivity index (χ2n) is 4.59. The summed E-state index contributed by atoms with van der Waals surface area (Å²) in [6.07, 6.45) is -0.511. The van der Waals surface area contributed by atoms with Gasteiger partial charge in [-0.1, -0.05) is 6.07 Å². The van der Waals surface area contributed by atoms with E-state index in [0.29, 0.717) is 13.2 Å². The zero-order valence-corrected chi connectivity index (χ0v) is 13.6. The molecule has 0 heterocycles. The first kappa shape index (κ1) is 16.9. The number of ether oxygens (including phenoxy) is 1. The van der Waals surface area contributed by atoms with Crippen LogP contribution in [0.5, 0.6) is 0 Å². The van der Waals surface area contributed by atoms with Crippen molar-refractivity contribution in [3.05, 3.63) is 28.2 Å². The van der Waals surface area contributed by atoms with Gasteiger partial charge in [0.05, 0.1) is 24.9 Å². The van der Waals surface area contributed by atoms with Crippen molar-refractivity contribution >= 4 is 27.5 Å². The Morgan fingerprint density at radius 3 is 2.80 bits per heavy atom. The lowest BCUT2D eigenvalue weighted by Crippen LogP contribution is -2.36. The Balaban J connectivity index is 2.63. The maximum Gasteiger partial charge on any atom is 0.239 e. The third kappa shape index (κ3) is 5.11. The number of benzene rings is 1. The van der Waals surface area contributed by atoms with Gasteiger partial charge in [0.15, 0.2) is 0 Å². The van der Waals surface area contributed by atoms with Crippen molar-refractivity contribution in [1.29, 1.82) is 0 Å². The van der Waals surface area contributed by atoms with E-state index < -0.39 is 6.10 Å². The van der Waals surface area contributed by atoms with Crippen LogP contribution in [-0.4, -0.2) is 44.9 Å². The highest BCUT2D eigenvalue weighted by atomic mass is 79.9. The molecule has 0 saturated carbocycles. The maximum absolute atomic E-state index is 11.7. The van der Waals surface area contributed by atoms with Crippen LogP contribution in [0.1, 0.15) is 18.6 Å². The minimum Gasteiger partial charge on any atom is -0.389 e. The first-order valence-electron chi connectivity index (χ1n) is 6.40. The Hall–Kier alpha value is -1.11. The fraction of sp³-hybridized carbons (Fsp3) is 0.500. The lowest BCUT2D eigenvalue weighted by Gasteiger charge is -2.21. The normalized spacial score (nSPS) is 12.1. The number of nitrogens with zero attached hydrogens (tertiary/aromatic N) is 1. The van der Waals surface area contributed by atoms with E-state index in [2.05, 4.69) is 21.2 Å². The molecule has 0 bridgehead atoms. The number of amides is 1. The van der Waals surface area contributed by atoms with Crippen LogP contribution in [0.2, 0.25) is 0 Å². The zero-order chi connectivity index (χ0) is 15.1. The van der Waals surface area contributed by atoms with Crippen LogP contribution in [0, 0.1) is 0 Å².